The van der Waals surface area contributed by atoms with Gasteiger partial charge in [-0.2, -0.15) is 0 Å². The molecule has 0 aliphatic rings. The van der Waals surface area contributed by atoms with Crippen LogP contribution in [0.15, 0.2) is 16.6 Å². The predicted molar refractivity (Wildman–Crippen MR) is 84.5 cm³/mol. The molecular weight excluding hydrogens is 322 g/mol. The monoisotopic (exact) mass is 345 g/mol. The van der Waals surface area contributed by atoms with Gasteiger partial charge in [0, 0.05) is 19.0 Å². The Labute approximate surface area is 129 Å². The maximum absolute atomic E-state index is 9.26. The minimum Gasteiger partial charge on any atom is -0.493 e. The van der Waals surface area contributed by atoms with Crippen LogP contribution in [-0.4, -0.2) is 31.0 Å². The van der Waals surface area contributed by atoms with Gasteiger partial charge in [-0.15, -0.1) is 0 Å². The summed E-state index contributed by atoms with van der Waals surface area (Å²) in [6, 6.07) is 4.43. The first-order chi connectivity index (χ1) is 9.43. The van der Waals surface area contributed by atoms with E-state index in [1.807, 2.05) is 12.1 Å². The van der Waals surface area contributed by atoms with Gasteiger partial charge < -0.3 is 19.9 Å². The van der Waals surface area contributed by atoms with Crippen LogP contribution in [0.3, 0.4) is 0 Å². The van der Waals surface area contributed by atoms with Crippen molar-refractivity contribution in [2.24, 2.45) is 0 Å². The molecular formula is C15H24BrNO3. The molecule has 0 aliphatic carbocycles. The van der Waals surface area contributed by atoms with E-state index in [2.05, 4.69) is 35.1 Å². The highest BCUT2D eigenvalue weighted by Crippen LogP contribution is 2.36. The molecule has 4 nitrogen and oxygen atoms in total. The summed E-state index contributed by atoms with van der Waals surface area (Å²) in [5, 5.41) is 12.6. The van der Waals surface area contributed by atoms with Crippen molar-refractivity contribution in [3.63, 3.8) is 0 Å². The lowest BCUT2D eigenvalue weighted by molar-refractivity contribution is 0.154. The van der Waals surface area contributed by atoms with Crippen molar-refractivity contribution in [1.82, 2.24) is 5.32 Å². The van der Waals surface area contributed by atoms with Crippen LogP contribution in [-0.2, 0) is 6.54 Å². The molecule has 0 spiro atoms. The van der Waals surface area contributed by atoms with Gasteiger partial charge in [0.25, 0.3) is 0 Å². The first kappa shape index (κ1) is 17.3. The SMILES string of the molecule is COc1cc(CNC(C)C)cc(Br)c1OCCC(C)O. The Morgan fingerprint density at radius 1 is 1.30 bits per heavy atom. The summed E-state index contributed by atoms with van der Waals surface area (Å²) < 4.78 is 11.9. The second-order valence-corrected chi connectivity index (χ2v) is 5.99. The van der Waals surface area contributed by atoms with E-state index >= 15 is 0 Å². The Balaban J connectivity index is 2.79. The lowest BCUT2D eigenvalue weighted by atomic mass is 10.2. The molecule has 0 aliphatic heterocycles. The predicted octanol–water partition coefficient (Wildman–Crippen LogP) is 3.11. The maximum atomic E-state index is 9.26. The smallest absolute Gasteiger partial charge is 0.175 e. The molecule has 2 N–H and O–H groups in total. The fourth-order valence-electron chi connectivity index (χ4n) is 1.67. The first-order valence-electron chi connectivity index (χ1n) is 6.84. The highest BCUT2D eigenvalue weighted by Gasteiger charge is 2.12. The van der Waals surface area contributed by atoms with E-state index in [-0.39, 0.29) is 6.10 Å². The number of ether oxygens (including phenoxy) is 2. The van der Waals surface area contributed by atoms with Crippen molar-refractivity contribution in [1.29, 1.82) is 0 Å². The molecule has 0 radical (unpaired) electrons. The zero-order valence-corrected chi connectivity index (χ0v) is 14.2. The van der Waals surface area contributed by atoms with Gasteiger partial charge in [-0.25, -0.2) is 0 Å². The molecule has 0 aromatic heterocycles. The van der Waals surface area contributed by atoms with Gasteiger partial charge in [-0.05, 0) is 40.5 Å². The van der Waals surface area contributed by atoms with Crippen LogP contribution in [0, 0.1) is 0 Å². The fourth-order valence-corrected chi connectivity index (χ4v) is 2.27. The molecule has 0 heterocycles. The molecule has 1 aromatic rings. The standard InChI is InChI=1S/C15H24BrNO3/c1-10(2)17-9-12-7-13(16)15(14(8-12)19-4)20-6-5-11(3)18/h7-8,10-11,17-18H,5-6,9H2,1-4H3. The topological polar surface area (TPSA) is 50.7 Å². The summed E-state index contributed by atoms with van der Waals surface area (Å²) in [4.78, 5) is 0. The molecule has 1 unspecified atom stereocenters. The summed E-state index contributed by atoms with van der Waals surface area (Å²) in [5.41, 5.74) is 1.13. The van der Waals surface area contributed by atoms with Crippen LogP contribution in [0.2, 0.25) is 0 Å². The number of rotatable bonds is 8. The van der Waals surface area contributed by atoms with E-state index in [4.69, 9.17) is 9.47 Å². The lowest BCUT2D eigenvalue weighted by Crippen LogP contribution is -2.21. The zero-order valence-electron chi connectivity index (χ0n) is 12.6. The van der Waals surface area contributed by atoms with Crippen molar-refractivity contribution in [2.75, 3.05) is 13.7 Å². The molecule has 1 rings (SSSR count). The second-order valence-electron chi connectivity index (χ2n) is 5.13. The largest absolute Gasteiger partial charge is 0.493 e. The third-order valence-corrected chi connectivity index (χ3v) is 3.37. The van der Waals surface area contributed by atoms with Gasteiger partial charge in [0.1, 0.15) is 0 Å². The number of methoxy groups -OCH3 is 1. The minimum absolute atomic E-state index is 0.366. The average Bonchev–Trinajstić information content (AvgIpc) is 2.37. The minimum atomic E-state index is -0.366. The van der Waals surface area contributed by atoms with Gasteiger partial charge in [0.15, 0.2) is 11.5 Å². The molecule has 114 valence electrons. The van der Waals surface area contributed by atoms with E-state index in [0.29, 0.717) is 30.6 Å². The third-order valence-electron chi connectivity index (χ3n) is 2.79. The molecule has 0 bridgehead atoms. The van der Waals surface area contributed by atoms with E-state index in [1.54, 1.807) is 14.0 Å². The Kier molecular flexibility index (Phi) is 7.34. The van der Waals surface area contributed by atoms with Crippen molar-refractivity contribution >= 4 is 15.9 Å². The van der Waals surface area contributed by atoms with E-state index < -0.39 is 0 Å². The number of aliphatic hydroxyl groups excluding tert-OH is 1. The molecule has 5 heteroatoms. The van der Waals surface area contributed by atoms with Gasteiger partial charge in [0.2, 0.25) is 0 Å². The van der Waals surface area contributed by atoms with E-state index in [1.165, 1.54) is 0 Å². The third kappa shape index (κ3) is 5.69. The molecule has 0 fully saturated rings. The lowest BCUT2D eigenvalue weighted by Gasteiger charge is -2.16. The van der Waals surface area contributed by atoms with Crippen molar-refractivity contribution in [2.45, 2.75) is 45.9 Å². The fraction of sp³-hybridized carbons (Fsp3) is 0.600. The van der Waals surface area contributed by atoms with Crippen molar-refractivity contribution in [3.05, 3.63) is 22.2 Å². The highest BCUT2D eigenvalue weighted by atomic mass is 79.9. The first-order valence-corrected chi connectivity index (χ1v) is 7.64. The Morgan fingerprint density at radius 3 is 2.55 bits per heavy atom. The highest BCUT2D eigenvalue weighted by molar-refractivity contribution is 9.10. The van der Waals surface area contributed by atoms with Crippen LogP contribution < -0.4 is 14.8 Å². The summed E-state index contributed by atoms with van der Waals surface area (Å²) in [6.45, 7) is 7.20. The van der Waals surface area contributed by atoms with E-state index in [9.17, 15) is 5.11 Å². The number of benzene rings is 1. The second kappa shape index (κ2) is 8.49. The molecule has 0 saturated heterocycles. The Bertz CT molecular complexity index is 422. The number of halogens is 1. The molecule has 20 heavy (non-hydrogen) atoms. The summed E-state index contributed by atoms with van der Waals surface area (Å²) in [7, 11) is 1.63. The Hall–Kier alpha value is -0.780. The van der Waals surface area contributed by atoms with E-state index in [0.717, 1.165) is 16.6 Å². The quantitative estimate of drug-likeness (QED) is 0.760. The molecule has 0 amide bonds. The average molecular weight is 346 g/mol. The number of nitrogens with one attached hydrogen (secondary N) is 1. The number of hydrogen-bond donors (Lipinski definition) is 2. The summed E-state index contributed by atoms with van der Waals surface area (Å²) in [5.74, 6) is 1.38. The van der Waals surface area contributed by atoms with Gasteiger partial charge in [-0.1, -0.05) is 13.8 Å². The summed E-state index contributed by atoms with van der Waals surface area (Å²) >= 11 is 3.52. The Morgan fingerprint density at radius 2 is 2.00 bits per heavy atom. The zero-order chi connectivity index (χ0) is 15.1. The van der Waals surface area contributed by atoms with Crippen molar-refractivity contribution < 1.29 is 14.6 Å². The molecule has 0 saturated carbocycles. The molecule has 1 atom stereocenters. The van der Waals surface area contributed by atoms with Gasteiger partial charge in [-0.3, -0.25) is 0 Å². The van der Waals surface area contributed by atoms with Crippen LogP contribution in [0.5, 0.6) is 11.5 Å². The van der Waals surface area contributed by atoms with Crippen molar-refractivity contribution in [3.8, 4) is 11.5 Å². The van der Waals surface area contributed by atoms with Crippen LogP contribution >= 0.6 is 15.9 Å². The van der Waals surface area contributed by atoms with Crippen LogP contribution in [0.4, 0.5) is 0 Å². The van der Waals surface area contributed by atoms with Gasteiger partial charge in [0.05, 0.1) is 24.3 Å². The normalized spacial score (nSPS) is 12.6. The van der Waals surface area contributed by atoms with Crippen LogP contribution in [0.1, 0.15) is 32.8 Å². The number of hydrogen-bond acceptors (Lipinski definition) is 4. The molecule has 1 aromatic carbocycles. The van der Waals surface area contributed by atoms with Gasteiger partial charge >= 0.3 is 0 Å². The number of aliphatic hydroxyl groups is 1. The summed E-state index contributed by atoms with van der Waals surface area (Å²) in [6.07, 6.45) is 0.223. The maximum Gasteiger partial charge on any atom is 0.175 e. The van der Waals surface area contributed by atoms with Crippen LogP contribution in [0.25, 0.3) is 0 Å².